The van der Waals surface area contributed by atoms with Crippen LogP contribution in [-0.2, 0) is 6.42 Å². The van der Waals surface area contributed by atoms with Crippen molar-refractivity contribution in [2.24, 2.45) is 0 Å². The summed E-state index contributed by atoms with van der Waals surface area (Å²) in [5, 5.41) is 11.8. The average Bonchev–Trinajstić information content (AvgIpc) is 2.55. The van der Waals surface area contributed by atoms with Crippen LogP contribution in [0.25, 0.3) is 0 Å². The fourth-order valence-corrected chi connectivity index (χ4v) is 2.18. The number of aromatic nitrogens is 1. The quantitative estimate of drug-likeness (QED) is 0.812. The fourth-order valence-electron chi connectivity index (χ4n) is 1.92. The molecule has 0 radical (unpaired) electrons. The van der Waals surface area contributed by atoms with Gasteiger partial charge in [0.25, 0.3) is 5.91 Å². The van der Waals surface area contributed by atoms with Crippen LogP contribution in [0.15, 0.2) is 36.7 Å². The number of aliphatic hydroxyl groups excluding tert-OH is 1. The summed E-state index contributed by atoms with van der Waals surface area (Å²) >= 11 is 5.93. The number of aliphatic hydroxyl groups is 1. The van der Waals surface area contributed by atoms with Gasteiger partial charge in [-0.05, 0) is 30.2 Å². The highest BCUT2D eigenvalue weighted by atomic mass is 35.5. The van der Waals surface area contributed by atoms with Crippen molar-refractivity contribution in [1.29, 1.82) is 0 Å². The third-order valence-corrected chi connectivity index (χ3v) is 3.38. The first-order chi connectivity index (χ1) is 11.1. The normalized spacial score (nSPS) is 10.4. The molecule has 23 heavy (non-hydrogen) atoms. The van der Waals surface area contributed by atoms with E-state index < -0.39 is 5.82 Å². The molecule has 0 fully saturated rings. The van der Waals surface area contributed by atoms with Crippen molar-refractivity contribution < 1.29 is 19.0 Å². The first kappa shape index (κ1) is 17.2. The molecule has 1 heterocycles. The van der Waals surface area contributed by atoms with Crippen LogP contribution in [0.5, 0.6) is 5.75 Å². The van der Waals surface area contributed by atoms with Gasteiger partial charge >= 0.3 is 0 Å². The van der Waals surface area contributed by atoms with E-state index in [1.165, 1.54) is 24.5 Å². The van der Waals surface area contributed by atoms with Crippen LogP contribution in [0, 0.1) is 5.82 Å². The molecule has 0 aliphatic heterocycles. The predicted molar refractivity (Wildman–Crippen MR) is 84.3 cm³/mol. The van der Waals surface area contributed by atoms with E-state index in [4.69, 9.17) is 21.4 Å². The number of carbonyl (C=O) groups excluding carboxylic acids is 1. The minimum absolute atomic E-state index is 0.116. The number of amides is 1. The van der Waals surface area contributed by atoms with Gasteiger partial charge in [0.1, 0.15) is 18.2 Å². The topological polar surface area (TPSA) is 71.5 Å². The van der Waals surface area contributed by atoms with Gasteiger partial charge in [-0.1, -0.05) is 17.7 Å². The van der Waals surface area contributed by atoms with E-state index in [1.807, 2.05) is 0 Å². The van der Waals surface area contributed by atoms with Gasteiger partial charge in [0, 0.05) is 17.8 Å². The summed E-state index contributed by atoms with van der Waals surface area (Å²) < 4.78 is 18.2. The number of ether oxygens (including phenoxy) is 1. The summed E-state index contributed by atoms with van der Waals surface area (Å²) in [6.07, 6.45) is 3.37. The second kappa shape index (κ2) is 8.45. The summed E-state index contributed by atoms with van der Waals surface area (Å²) in [5.41, 5.74) is 1.11. The van der Waals surface area contributed by atoms with Gasteiger partial charge in [0.15, 0.2) is 0 Å². The zero-order valence-electron chi connectivity index (χ0n) is 12.3. The average molecular weight is 339 g/mol. The van der Waals surface area contributed by atoms with Gasteiger partial charge in [0.05, 0.1) is 18.4 Å². The summed E-state index contributed by atoms with van der Waals surface area (Å²) in [5.74, 6) is -0.285. The Morgan fingerprint density at radius 2 is 2.17 bits per heavy atom. The molecule has 1 amide bonds. The van der Waals surface area contributed by atoms with Crippen molar-refractivity contribution in [3.8, 4) is 5.75 Å². The van der Waals surface area contributed by atoms with Crippen LogP contribution in [-0.4, -0.2) is 35.8 Å². The van der Waals surface area contributed by atoms with Crippen LogP contribution in [0.4, 0.5) is 4.39 Å². The number of benzene rings is 1. The maximum absolute atomic E-state index is 13.0. The highest BCUT2D eigenvalue weighted by Gasteiger charge is 2.08. The molecular weight excluding hydrogens is 323 g/mol. The van der Waals surface area contributed by atoms with Crippen LogP contribution in [0.1, 0.15) is 15.9 Å². The standard InChI is InChI=1S/C16H16ClFN2O3/c17-15-8-13(18)2-1-11(15)3-4-20-16(22)12-7-14(10-19-9-12)23-6-5-21/h1-2,7-10,21H,3-6H2,(H,20,22). The van der Waals surface area contributed by atoms with Gasteiger partial charge in [-0.25, -0.2) is 4.39 Å². The van der Waals surface area contributed by atoms with E-state index >= 15 is 0 Å². The first-order valence-corrected chi connectivity index (χ1v) is 7.39. The molecule has 1 aromatic carbocycles. The maximum Gasteiger partial charge on any atom is 0.252 e. The first-order valence-electron chi connectivity index (χ1n) is 7.01. The number of rotatable bonds is 7. The zero-order chi connectivity index (χ0) is 16.7. The van der Waals surface area contributed by atoms with Crippen molar-refractivity contribution in [2.45, 2.75) is 6.42 Å². The van der Waals surface area contributed by atoms with Gasteiger partial charge < -0.3 is 15.2 Å². The lowest BCUT2D eigenvalue weighted by Gasteiger charge is -2.08. The van der Waals surface area contributed by atoms with E-state index in [9.17, 15) is 9.18 Å². The molecule has 2 aromatic rings. The highest BCUT2D eigenvalue weighted by molar-refractivity contribution is 6.31. The minimum atomic E-state index is -0.395. The predicted octanol–water partition coefficient (Wildman–Crippen LogP) is 2.22. The van der Waals surface area contributed by atoms with Gasteiger partial charge in [-0.3, -0.25) is 9.78 Å². The third-order valence-electron chi connectivity index (χ3n) is 3.03. The lowest BCUT2D eigenvalue weighted by Crippen LogP contribution is -2.26. The number of halogens is 2. The summed E-state index contributed by atoms with van der Waals surface area (Å²) in [6, 6.07) is 5.71. The molecule has 0 spiro atoms. The van der Waals surface area contributed by atoms with Crippen LogP contribution in [0.3, 0.4) is 0 Å². The number of hydrogen-bond donors (Lipinski definition) is 2. The second-order valence-corrected chi connectivity index (χ2v) is 5.13. The molecule has 0 aliphatic carbocycles. The molecule has 0 saturated heterocycles. The Bertz CT molecular complexity index is 682. The Morgan fingerprint density at radius 1 is 1.35 bits per heavy atom. The number of nitrogens with zero attached hydrogens (tertiary/aromatic N) is 1. The Hall–Kier alpha value is -2.18. The zero-order valence-corrected chi connectivity index (χ0v) is 13.0. The second-order valence-electron chi connectivity index (χ2n) is 4.72. The summed E-state index contributed by atoms with van der Waals surface area (Å²) in [6.45, 7) is 0.372. The van der Waals surface area contributed by atoms with E-state index in [-0.39, 0.29) is 19.1 Å². The Labute approximate surface area is 138 Å². The van der Waals surface area contributed by atoms with Crippen LogP contribution in [0.2, 0.25) is 5.02 Å². The van der Waals surface area contributed by atoms with Crippen molar-refractivity contribution in [3.05, 3.63) is 58.6 Å². The van der Waals surface area contributed by atoms with Crippen molar-refractivity contribution in [1.82, 2.24) is 10.3 Å². The van der Waals surface area contributed by atoms with Crippen LogP contribution >= 0.6 is 11.6 Å². The Kier molecular flexibility index (Phi) is 6.31. The van der Waals surface area contributed by atoms with Gasteiger partial charge in [-0.15, -0.1) is 0 Å². The highest BCUT2D eigenvalue weighted by Crippen LogP contribution is 2.17. The molecular formula is C16H16ClFN2O3. The lowest BCUT2D eigenvalue weighted by atomic mass is 10.1. The SMILES string of the molecule is O=C(NCCc1ccc(F)cc1Cl)c1cncc(OCCO)c1. The molecule has 122 valence electrons. The largest absolute Gasteiger partial charge is 0.490 e. The molecule has 2 rings (SSSR count). The Morgan fingerprint density at radius 3 is 2.91 bits per heavy atom. The van der Waals surface area contributed by atoms with E-state index in [0.717, 1.165) is 5.56 Å². The van der Waals surface area contributed by atoms with Gasteiger partial charge in [0.2, 0.25) is 0 Å². The molecule has 2 N–H and O–H groups in total. The van der Waals surface area contributed by atoms with Crippen molar-refractivity contribution in [3.63, 3.8) is 0 Å². The molecule has 0 bridgehead atoms. The number of nitrogens with one attached hydrogen (secondary N) is 1. The molecule has 7 heteroatoms. The lowest BCUT2D eigenvalue weighted by molar-refractivity contribution is 0.0953. The third kappa shape index (κ3) is 5.19. The smallest absolute Gasteiger partial charge is 0.252 e. The number of pyridine rings is 1. The van der Waals surface area contributed by atoms with Crippen LogP contribution < -0.4 is 10.1 Å². The number of carbonyl (C=O) groups is 1. The van der Waals surface area contributed by atoms with E-state index in [1.54, 1.807) is 12.1 Å². The summed E-state index contributed by atoms with van der Waals surface area (Å²) in [7, 11) is 0. The molecule has 0 atom stereocenters. The van der Waals surface area contributed by atoms with Crippen molar-refractivity contribution in [2.75, 3.05) is 19.8 Å². The maximum atomic E-state index is 13.0. The van der Waals surface area contributed by atoms with E-state index in [2.05, 4.69) is 10.3 Å². The molecule has 0 aliphatic rings. The summed E-state index contributed by atoms with van der Waals surface area (Å²) in [4.78, 5) is 16.0. The Balaban J connectivity index is 1.89. The minimum Gasteiger partial charge on any atom is -0.490 e. The molecule has 0 saturated carbocycles. The molecule has 1 aromatic heterocycles. The van der Waals surface area contributed by atoms with Crippen molar-refractivity contribution >= 4 is 17.5 Å². The monoisotopic (exact) mass is 338 g/mol. The number of hydrogen-bond acceptors (Lipinski definition) is 4. The fraction of sp³-hybridized carbons (Fsp3) is 0.250. The van der Waals surface area contributed by atoms with E-state index in [0.29, 0.717) is 29.3 Å². The molecule has 5 nitrogen and oxygen atoms in total. The molecule has 0 unspecified atom stereocenters. The van der Waals surface area contributed by atoms with Gasteiger partial charge in [-0.2, -0.15) is 0 Å².